The third-order valence-corrected chi connectivity index (χ3v) is 6.40. The van der Waals surface area contributed by atoms with Gasteiger partial charge < -0.3 is 24.0 Å². The number of anilines is 2. The Hall–Kier alpha value is -3.81. The topological polar surface area (TPSA) is 136 Å². The fraction of sp³-hybridized carbons (Fsp3) is 0.450. The fourth-order valence-electron chi connectivity index (χ4n) is 4.90. The van der Waals surface area contributed by atoms with Crippen LogP contribution in [-0.2, 0) is 0 Å². The highest BCUT2D eigenvalue weighted by atomic mass is 16.5. The number of aromatic nitrogens is 4. The van der Waals surface area contributed by atoms with Crippen LogP contribution in [0.2, 0.25) is 0 Å². The van der Waals surface area contributed by atoms with Crippen LogP contribution in [0.3, 0.4) is 0 Å². The highest BCUT2D eigenvalue weighted by Crippen LogP contribution is 2.42. The number of hydrogen-bond donors (Lipinski definition) is 2. The molecule has 3 aromatic rings. The number of pyridine rings is 1. The van der Waals surface area contributed by atoms with Crippen molar-refractivity contribution >= 4 is 28.8 Å². The van der Waals surface area contributed by atoms with Crippen molar-refractivity contribution in [1.29, 1.82) is 5.26 Å². The van der Waals surface area contributed by atoms with E-state index < -0.39 is 0 Å². The molecule has 11 nitrogen and oxygen atoms in total. The SMILES string of the molecule is COc1noc(NC(=O)N2CC3C[C@@H](N(C)c4c(C#N)cnc5[nH]ccc45)C[C@@H]3C2)n1. The molecule has 3 aromatic heterocycles. The molecule has 1 aliphatic heterocycles. The van der Waals surface area contributed by atoms with Gasteiger partial charge in [-0.15, -0.1) is 4.98 Å². The van der Waals surface area contributed by atoms with E-state index in [9.17, 15) is 10.1 Å². The van der Waals surface area contributed by atoms with Crippen molar-refractivity contribution in [1.82, 2.24) is 25.0 Å². The lowest BCUT2D eigenvalue weighted by Gasteiger charge is -2.29. The minimum Gasteiger partial charge on any atom is -0.465 e. The number of ether oxygens (including phenoxy) is 1. The van der Waals surface area contributed by atoms with E-state index in [-0.39, 0.29) is 18.1 Å². The van der Waals surface area contributed by atoms with Gasteiger partial charge in [0.15, 0.2) is 0 Å². The summed E-state index contributed by atoms with van der Waals surface area (Å²) in [4.78, 5) is 27.9. The predicted molar refractivity (Wildman–Crippen MR) is 111 cm³/mol. The molecule has 4 heterocycles. The molecule has 3 atom stereocenters. The van der Waals surface area contributed by atoms with Gasteiger partial charge in [0.1, 0.15) is 11.7 Å². The van der Waals surface area contributed by atoms with E-state index in [1.54, 1.807) is 11.1 Å². The van der Waals surface area contributed by atoms with Gasteiger partial charge in [-0.3, -0.25) is 5.32 Å². The first kappa shape index (κ1) is 19.2. The summed E-state index contributed by atoms with van der Waals surface area (Å²) in [5, 5.41) is 16.8. The third-order valence-electron chi connectivity index (χ3n) is 6.40. The molecule has 1 unspecified atom stereocenters. The Morgan fingerprint density at radius 1 is 1.42 bits per heavy atom. The maximum atomic E-state index is 12.6. The van der Waals surface area contributed by atoms with E-state index in [0.29, 0.717) is 36.5 Å². The lowest BCUT2D eigenvalue weighted by Crippen LogP contribution is -2.36. The van der Waals surface area contributed by atoms with Crippen molar-refractivity contribution in [2.45, 2.75) is 18.9 Å². The average molecular weight is 422 g/mol. The van der Waals surface area contributed by atoms with E-state index >= 15 is 0 Å². The monoisotopic (exact) mass is 422 g/mol. The van der Waals surface area contributed by atoms with Crippen LogP contribution < -0.4 is 15.0 Å². The van der Waals surface area contributed by atoms with E-state index in [4.69, 9.17) is 9.26 Å². The molecular weight excluding hydrogens is 400 g/mol. The molecule has 2 amide bonds. The number of carbonyl (C=O) groups excluding carboxylic acids is 1. The van der Waals surface area contributed by atoms with E-state index in [1.165, 1.54) is 7.11 Å². The van der Waals surface area contributed by atoms with Crippen molar-refractivity contribution in [3.05, 3.63) is 24.0 Å². The summed E-state index contributed by atoms with van der Waals surface area (Å²) < 4.78 is 9.80. The molecule has 0 radical (unpaired) electrons. The zero-order valence-electron chi connectivity index (χ0n) is 17.2. The van der Waals surface area contributed by atoms with E-state index in [0.717, 1.165) is 29.6 Å². The van der Waals surface area contributed by atoms with Gasteiger partial charge in [-0.05, 0) is 35.9 Å². The average Bonchev–Trinajstić information content (AvgIpc) is 3.54. The Bertz CT molecular complexity index is 1150. The number of H-pyrrole nitrogens is 1. The van der Waals surface area contributed by atoms with E-state index in [1.807, 2.05) is 19.3 Å². The number of nitrogens with zero attached hydrogens (tertiary/aromatic N) is 6. The second-order valence-corrected chi connectivity index (χ2v) is 8.05. The molecule has 0 bridgehead atoms. The zero-order chi connectivity index (χ0) is 21.5. The molecule has 1 saturated heterocycles. The Morgan fingerprint density at radius 3 is 2.87 bits per heavy atom. The number of rotatable bonds is 4. The molecule has 5 rings (SSSR count). The van der Waals surface area contributed by atoms with Crippen LogP contribution in [-0.4, -0.2) is 64.3 Å². The molecule has 1 aliphatic carbocycles. The molecule has 2 fully saturated rings. The van der Waals surface area contributed by atoms with Gasteiger partial charge in [0.05, 0.1) is 18.4 Å². The molecular formula is C20H22N8O3. The highest BCUT2D eigenvalue weighted by molar-refractivity contribution is 5.93. The summed E-state index contributed by atoms with van der Waals surface area (Å²) in [6.07, 6.45) is 5.38. The van der Waals surface area contributed by atoms with Gasteiger partial charge in [0, 0.05) is 44.0 Å². The summed E-state index contributed by atoms with van der Waals surface area (Å²) in [5.41, 5.74) is 2.26. The van der Waals surface area contributed by atoms with Gasteiger partial charge in [-0.25, -0.2) is 9.78 Å². The number of nitriles is 1. The van der Waals surface area contributed by atoms with Gasteiger partial charge in [-0.1, -0.05) is 0 Å². The molecule has 2 aliphatic rings. The van der Waals surface area contributed by atoms with Crippen LogP contribution in [0.4, 0.5) is 16.5 Å². The number of urea groups is 1. The van der Waals surface area contributed by atoms with Crippen LogP contribution in [0.1, 0.15) is 18.4 Å². The van der Waals surface area contributed by atoms with Gasteiger partial charge in [0.2, 0.25) is 0 Å². The second kappa shape index (κ2) is 7.46. The largest absolute Gasteiger partial charge is 0.465 e. The third kappa shape index (κ3) is 3.30. The molecule has 0 aromatic carbocycles. The summed E-state index contributed by atoms with van der Waals surface area (Å²) in [6, 6.07) is 4.38. The number of amides is 2. The lowest BCUT2D eigenvalue weighted by molar-refractivity contribution is 0.217. The maximum absolute atomic E-state index is 12.6. The quantitative estimate of drug-likeness (QED) is 0.653. The molecule has 0 spiro atoms. The molecule has 1 saturated carbocycles. The highest BCUT2D eigenvalue weighted by Gasteiger charge is 2.44. The molecule has 2 N–H and O–H groups in total. The van der Waals surface area contributed by atoms with Crippen LogP contribution in [0, 0.1) is 23.2 Å². The first-order chi connectivity index (χ1) is 15.1. The summed E-state index contributed by atoms with van der Waals surface area (Å²) in [7, 11) is 3.47. The minimum atomic E-state index is -0.250. The van der Waals surface area contributed by atoms with E-state index in [2.05, 4.69) is 36.4 Å². The fourth-order valence-corrected chi connectivity index (χ4v) is 4.90. The predicted octanol–water partition coefficient (Wildman–Crippen LogP) is 2.20. The van der Waals surface area contributed by atoms with Crippen molar-refractivity contribution in [2.75, 3.05) is 37.5 Å². The van der Waals surface area contributed by atoms with Crippen LogP contribution in [0.15, 0.2) is 23.0 Å². The number of methoxy groups -OCH3 is 1. The normalized spacial score (nSPS) is 22.4. The number of nitrogens with one attached hydrogen (secondary N) is 2. The molecule has 11 heteroatoms. The minimum absolute atomic E-state index is 0.0220. The smallest absolute Gasteiger partial charge is 0.355 e. The second-order valence-electron chi connectivity index (χ2n) is 8.05. The first-order valence-electron chi connectivity index (χ1n) is 10.1. The molecule has 31 heavy (non-hydrogen) atoms. The van der Waals surface area contributed by atoms with Crippen molar-refractivity contribution in [3.63, 3.8) is 0 Å². The number of fused-ring (bicyclic) bond motifs is 2. The van der Waals surface area contributed by atoms with Gasteiger partial charge >= 0.3 is 18.1 Å². The summed E-state index contributed by atoms with van der Waals surface area (Å²) in [6.45, 7) is 1.35. The van der Waals surface area contributed by atoms with Crippen LogP contribution >= 0.6 is 0 Å². The number of hydrogen-bond acceptors (Lipinski definition) is 8. The van der Waals surface area contributed by atoms with Gasteiger partial charge in [0.25, 0.3) is 0 Å². The standard InChI is InChI=1S/C20H22N8O3/c1-27(16-13(7-21)8-23-17-15(16)3-4-22-17)14-5-11-9-28(10-12(11)6-14)20(29)25-18-24-19(30-2)26-31-18/h3-4,8,11-12,14H,5-6,9-10H2,1-2H3,(H,22,23)(H,24,25,26,29)/t11-,12?,14+/m1/s1. The Balaban J connectivity index is 1.26. The molecule has 160 valence electrons. The van der Waals surface area contributed by atoms with Crippen LogP contribution in [0.25, 0.3) is 11.0 Å². The zero-order valence-corrected chi connectivity index (χ0v) is 17.2. The Labute approximate surface area is 178 Å². The van der Waals surface area contributed by atoms with Crippen molar-refractivity contribution in [3.8, 4) is 12.1 Å². The summed E-state index contributed by atoms with van der Waals surface area (Å²) >= 11 is 0. The Kier molecular flexibility index (Phi) is 4.62. The van der Waals surface area contributed by atoms with Crippen LogP contribution in [0.5, 0.6) is 6.01 Å². The lowest BCUT2D eigenvalue weighted by atomic mass is 10.0. The summed E-state index contributed by atoms with van der Waals surface area (Å²) in [5.74, 6) is 0.814. The number of carbonyl (C=O) groups is 1. The Morgan fingerprint density at radius 2 is 2.19 bits per heavy atom. The van der Waals surface area contributed by atoms with Crippen molar-refractivity contribution in [2.24, 2.45) is 11.8 Å². The van der Waals surface area contributed by atoms with Gasteiger partial charge in [-0.2, -0.15) is 5.26 Å². The number of likely N-dealkylation sites (tertiary alicyclic amines) is 1. The van der Waals surface area contributed by atoms with Crippen molar-refractivity contribution < 1.29 is 14.1 Å². The first-order valence-corrected chi connectivity index (χ1v) is 10.1. The maximum Gasteiger partial charge on any atom is 0.355 e. The number of aromatic amines is 1.